The first-order valence-corrected chi connectivity index (χ1v) is 8.16. The number of benzene rings is 1. The fourth-order valence-electron chi connectivity index (χ4n) is 2.01. The molecule has 5 nitrogen and oxygen atoms in total. The van der Waals surface area contributed by atoms with Crippen LogP contribution in [0.3, 0.4) is 0 Å². The third-order valence-electron chi connectivity index (χ3n) is 3.35. The zero-order chi connectivity index (χ0) is 16.0. The number of amides is 2. The molecule has 1 aromatic rings. The van der Waals surface area contributed by atoms with Gasteiger partial charge in [0.1, 0.15) is 0 Å². The average Bonchev–Trinajstić information content (AvgIpc) is 2.45. The van der Waals surface area contributed by atoms with Crippen LogP contribution in [0.1, 0.15) is 29.3 Å². The van der Waals surface area contributed by atoms with Gasteiger partial charge in [-0.05, 0) is 31.7 Å². The Morgan fingerprint density at radius 1 is 1.43 bits per heavy atom. The number of aryl methyl sites for hydroxylation is 1. The predicted molar refractivity (Wildman–Crippen MR) is 87.4 cm³/mol. The minimum Gasteiger partial charge on any atom is -0.478 e. The summed E-state index contributed by atoms with van der Waals surface area (Å²) in [5, 5.41) is 11.9. The van der Waals surface area contributed by atoms with Gasteiger partial charge in [0, 0.05) is 18.8 Å². The Morgan fingerprint density at radius 2 is 2.10 bits per heavy atom. The van der Waals surface area contributed by atoms with Crippen LogP contribution in [0.2, 0.25) is 0 Å². The summed E-state index contributed by atoms with van der Waals surface area (Å²) >= 11 is 1.68. The summed E-state index contributed by atoms with van der Waals surface area (Å²) in [7, 11) is 1.73. The first-order valence-electron chi connectivity index (χ1n) is 6.77. The van der Waals surface area contributed by atoms with Gasteiger partial charge in [-0.3, -0.25) is 0 Å². The third kappa shape index (κ3) is 4.67. The van der Waals surface area contributed by atoms with Crippen molar-refractivity contribution < 1.29 is 14.7 Å². The van der Waals surface area contributed by atoms with E-state index in [2.05, 4.69) is 5.32 Å². The summed E-state index contributed by atoms with van der Waals surface area (Å²) in [4.78, 5) is 25.1. The zero-order valence-electron chi connectivity index (χ0n) is 12.8. The highest BCUT2D eigenvalue weighted by atomic mass is 32.2. The normalized spacial score (nSPS) is 11.8. The lowest BCUT2D eigenvalue weighted by Crippen LogP contribution is -2.41. The summed E-state index contributed by atoms with van der Waals surface area (Å²) in [5.74, 6) is -0.201. The fourth-order valence-corrected chi connectivity index (χ4v) is 2.85. The minimum atomic E-state index is -1.05. The first-order chi connectivity index (χ1) is 9.90. The van der Waals surface area contributed by atoms with Crippen molar-refractivity contribution in [1.82, 2.24) is 4.90 Å². The molecular weight excluding hydrogens is 288 g/mol. The average molecular weight is 310 g/mol. The molecular formula is C15H22N2O3S. The topological polar surface area (TPSA) is 69.6 Å². The molecule has 2 N–H and O–H groups in total. The van der Waals surface area contributed by atoms with Crippen molar-refractivity contribution in [2.75, 3.05) is 24.4 Å². The van der Waals surface area contributed by atoms with E-state index in [1.54, 1.807) is 41.9 Å². The van der Waals surface area contributed by atoms with Crippen LogP contribution in [-0.2, 0) is 0 Å². The van der Waals surface area contributed by atoms with Crippen LogP contribution >= 0.6 is 11.8 Å². The molecule has 1 atom stereocenters. The lowest BCUT2D eigenvalue weighted by Gasteiger charge is -2.27. The Balaban J connectivity index is 2.90. The number of aromatic carboxylic acids is 1. The smallest absolute Gasteiger partial charge is 0.337 e. The maximum Gasteiger partial charge on any atom is 0.337 e. The molecule has 0 aliphatic heterocycles. The molecule has 2 amide bonds. The number of hydrogen-bond donors (Lipinski definition) is 2. The molecule has 0 aliphatic rings. The van der Waals surface area contributed by atoms with Crippen molar-refractivity contribution in [1.29, 1.82) is 0 Å². The van der Waals surface area contributed by atoms with E-state index in [1.165, 1.54) is 0 Å². The van der Waals surface area contributed by atoms with Gasteiger partial charge in [-0.2, -0.15) is 11.8 Å². The van der Waals surface area contributed by atoms with Crippen LogP contribution in [0.4, 0.5) is 10.5 Å². The van der Waals surface area contributed by atoms with E-state index in [0.29, 0.717) is 5.69 Å². The van der Waals surface area contributed by atoms with Crippen molar-refractivity contribution in [3.05, 3.63) is 29.3 Å². The number of rotatable bonds is 6. The van der Waals surface area contributed by atoms with Crippen molar-refractivity contribution in [3.63, 3.8) is 0 Å². The van der Waals surface area contributed by atoms with Crippen molar-refractivity contribution >= 4 is 29.4 Å². The van der Waals surface area contributed by atoms with Crippen molar-refractivity contribution in [2.24, 2.45) is 0 Å². The molecule has 116 valence electrons. The SMILES string of the molecule is CCC(CSC)N(C)C(=O)Nc1ccc(C)cc1C(=O)O. The van der Waals surface area contributed by atoms with E-state index >= 15 is 0 Å². The molecule has 21 heavy (non-hydrogen) atoms. The van der Waals surface area contributed by atoms with Crippen LogP contribution in [0.25, 0.3) is 0 Å². The molecule has 0 heterocycles. The van der Waals surface area contributed by atoms with Crippen molar-refractivity contribution in [2.45, 2.75) is 26.3 Å². The van der Waals surface area contributed by atoms with Gasteiger partial charge in [-0.1, -0.05) is 18.6 Å². The number of carbonyl (C=O) groups excluding carboxylic acids is 1. The number of nitrogens with zero attached hydrogens (tertiary/aromatic N) is 1. The Kier molecular flexibility index (Phi) is 6.55. The largest absolute Gasteiger partial charge is 0.478 e. The van der Waals surface area contributed by atoms with Crippen molar-refractivity contribution in [3.8, 4) is 0 Å². The summed E-state index contributed by atoms with van der Waals surface area (Å²) in [6, 6.07) is 4.79. The van der Waals surface area contributed by atoms with Gasteiger partial charge in [0.15, 0.2) is 0 Å². The van der Waals surface area contributed by atoms with Gasteiger partial charge in [0.25, 0.3) is 0 Å². The van der Waals surface area contributed by atoms with E-state index in [0.717, 1.165) is 17.7 Å². The second kappa shape index (κ2) is 7.93. The lowest BCUT2D eigenvalue weighted by atomic mass is 10.1. The van der Waals surface area contributed by atoms with E-state index < -0.39 is 5.97 Å². The Hall–Kier alpha value is -1.69. The molecule has 0 bridgehead atoms. The maximum absolute atomic E-state index is 12.3. The number of anilines is 1. The predicted octanol–water partition coefficient (Wildman–Crippen LogP) is 3.30. The molecule has 1 rings (SSSR count). The minimum absolute atomic E-state index is 0.106. The monoisotopic (exact) mass is 310 g/mol. The lowest BCUT2D eigenvalue weighted by molar-refractivity contribution is 0.0698. The summed E-state index contributed by atoms with van der Waals surface area (Å²) in [6.45, 7) is 3.84. The second-order valence-electron chi connectivity index (χ2n) is 4.91. The third-order valence-corrected chi connectivity index (χ3v) is 4.06. The summed E-state index contributed by atoms with van der Waals surface area (Å²) in [5.41, 5.74) is 1.27. The maximum atomic E-state index is 12.3. The molecule has 1 unspecified atom stereocenters. The molecule has 0 saturated carbocycles. The first kappa shape index (κ1) is 17.4. The molecule has 0 fully saturated rings. The Morgan fingerprint density at radius 3 is 2.62 bits per heavy atom. The zero-order valence-corrected chi connectivity index (χ0v) is 13.7. The Bertz CT molecular complexity index is 520. The number of nitrogens with one attached hydrogen (secondary N) is 1. The van der Waals surface area contributed by atoms with E-state index in [4.69, 9.17) is 0 Å². The fraction of sp³-hybridized carbons (Fsp3) is 0.467. The molecule has 0 spiro atoms. The van der Waals surface area contributed by atoms with E-state index in [-0.39, 0.29) is 17.6 Å². The standard InChI is InChI=1S/C15H22N2O3S/c1-5-11(9-21-4)17(3)15(20)16-13-7-6-10(2)8-12(13)14(18)19/h6-8,11H,5,9H2,1-4H3,(H,16,20)(H,18,19). The van der Waals surface area contributed by atoms with Crippen LogP contribution in [0.15, 0.2) is 18.2 Å². The number of carboxylic acids is 1. The summed E-state index contributed by atoms with van der Waals surface area (Å²) in [6.07, 6.45) is 2.85. The van der Waals surface area contributed by atoms with Gasteiger partial charge in [0.05, 0.1) is 11.3 Å². The number of thioether (sulfide) groups is 1. The number of hydrogen-bond acceptors (Lipinski definition) is 3. The number of carboxylic acid groups (broad SMARTS) is 1. The van der Waals surface area contributed by atoms with Gasteiger partial charge in [0.2, 0.25) is 0 Å². The molecule has 0 aliphatic carbocycles. The van der Waals surface area contributed by atoms with Crippen LogP contribution < -0.4 is 5.32 Å². The van der Waals surface area contributed by atoms with E-state index in [9.17, 15) is 14.7 Å². The number of carbonyl (C=O) groups is 2. The van der Waals surface area contributed by atoms with Crippen LogP contribution in [-0.4, -0.2) is 47.1 Å². The molecule has 0 aromatic heterocycles. The highest BCUT2D eigenvalue weighted by Crippen LogP contribution is 2.19. The highest BCUT2D eigenvalue weighted by molar-refractivity contribution is 7.98. The van der Waals surface area contributed by atoms with Gasteiger partial charge in [-0.25, -0.2) is 9.59 Å². The van der Waals surface area contributed by atoms with Gasteiger partial charge >= 0.3 is 12.0 Å². The molecule has 0 saturated heterocycles. The van der Waals surface area contributed by atoms with Crippen LogP contribution in [0, 0.1) is 6.92 Å². The second-order valence-corrected chi connectivity index (χ2v) is 5.82. The Labute approximate surface area is 129 Å². The van der Waals surface area contributed by atoms with Gasteiger partial charge < -0.3 is 15.3 Å². The summed E-state index contributed by atoms with van der Waals surface area (Å²) < 4.78 is 0. The molecule has 1 aromatic carbocycles. The highest BCUT2D eigenvalue weighted by Gasteiger charge is 2.20. The van der Waals surface area contributed by atoms with Crippen LogP contribution in [0.5, 0.6) is 0 Å². The van der Waals surface area contributed by atoms with Gasteiger partial charge in [-0.15, -0.1) is 0 Å². The number of urea groups is 1. The molecule has 0 radical (unpaired) electrons. The molecule has 6 heteroatoms. The van der Waals surface area contributed by atoms with E-state index in [1.807, 2.05) is 20.1 Å². The quantitative estimate of drug-likeness (QED) is 0.846.